The minimum atomic E-state index is 0.860. The first-order chi connectivity index (χ1) is 10.8. The van der Waals surface area contributed by atoms with Gasteiger partial charge in [-0.05, 0) is 48.9 Å². The maximum Gasteiger partial charge on any atom is 0.205 e. The summed E-state index contributed by atoms with van der Waals surface area (Å²) in [5, 5.41) is 14.8. The van der Waals surface area contributed by atoms with Gasteiger partial charge in [-0.25, -0.2) is 0 Å². The van der Waals surface area contributed by atoms with Crippen LogP contribution in [0.25, 0.3) is 21.5 Å². The second-order valence-electron chi connectivity index (χ2n) is 5.63. The van der Waals surface area contributed by atoms with Crippen molar-refractivity contribution in [3.63, 3.8) is 0 Å². The smallest absolute Gasteiger partial charge is 0.205 e. The number of aromatic nitrogens is 3. The maximum atomic E-state index is 4.89. The Morgan fingerprint density at radius 1 is 1.23 bits per heavy atom. The molecule has 4 nitrogen and oxygen atoms in total. The molecular formula is C17H18N4S. The Balaban J connectivity index is 2.04. The monoisotopic (exact) mass is 310 g/mol. The molecule has 0 saturated heterocycles. The highest BCUT2D eigenvalue weighted by atomic mass is 32.1. The quantitative estimate of drug-likeness (QED) is 0.798. The molecule has 0 radical (unpaired) electrons. The topological polar surface area (TPSA) is 50.7 Å². The van der Waals surface area contributed by atoms with E-state index in [0.29, 0.717) is 0 Å². The van der Waals surface area contributed by atoms with Gasteiger partial charge in [0, 0.05) is 23.7 Å². The van der Waals surface area contributed by atoms with Crippen molar-refractivity contribution in [1.29, 1.82) is 0 Å². The van der Waals surface area contributed by atoms with Gasteiger partial charge in [-0.1, -0.05) is 24.3 Å². The second kappa shape index (κ2) is 5.32. The van der Waals surface area contributed by atoms with Crippen LogP contribution in [0, 0.1) is 0 Å². The van der Waals surface area contributed by atoms with Crippen LogP contribution in [0.15, 0.2) is 18.2 Å². The Kier molecular flexibility index (Phi) is 3.30. The lowest BCUT2D eigenvalue weighted by molar-refractivity contribution is 0.901. The van der Waals surface area contributed by atoms with Gasteiger partial charge in [0.05, 0.1) is 5.52 Å². The number of anilines is 1. The van der Waals surface area contributed by atoms with Crippen LogP contribution < -0.4 is 5.32 Å². The molecule has 1 aliphatic carbocycles. The van der Waals surface area contributed by atoms with Crippen molar-refractivity contribution in [2.45, 2.75) is 32.6 Å². The molecule has 4 rings (SSSR count). The number of nitrogens with zero attached hydrogens (tertiary/aromatic N) is 3. The highest BCUT2D eigenvalue weighted by Gasteiger charge is 2.23. The normalized spacial score (nSPS) is 13.5. The van der Waals surface area contributed by atoms with Crippen molar-refractivity contribution in [1.82, 2.24) is 15.2 Å². The predicted octanol–water partition coefficient (Wildman–Crippen LogP) is 3.85. The summed E-state index contributed by atoms with van der Waals surface area (Å²) in [5.41, 5.74) is 6.29. The third kappa shape index (κ3) is 2.08. The maximum absolute atomic E-state index is 4.89. The number of pyridine rings is 1. The van der Waals surface area contributed by atoms with E-state index >= 15 is 0 Å². The second-order valence-corrected chi connectivity index (χ2v) is 6.61. The molecule has 3 aromatic rings. The summed E-state index contributed by atoms with van der Waals surface area (Å²) in [6.07, 6.45) is 4.39. The first-order valence-electron chi connectivity index (χ1n) is 7.76. The largest absolute Gasteiger partial charge is 0.363 e. The first-order valence-corrected chi connectivity index (χ1v) is 8.57. The van der Waals surface area contributed by atoms with Crippen LogP contribution in [0.1, 0.15) is 30.2 Å². The van der Waals surface area contributed by atoms with Gasteiger partial charge in [0.25, 0.3) is 0 Å². The van der Waals surface area contributed by atoms with Gasteiger partial charge < -0.3 is 5.32 Å². The summed E-state index contributed by atoms with van der Waals surface area (Å²) < 4.78 is 0. The van der Waals surface area contributed by atoms with Gasteiger partial charge in [-0.2, -0.15) is 0 Å². The molecule has 0 amide bonds. The molecule has 22 heavy (non-hydrogen) atoms. The van der Waals surface area contributed by atoms with E-state index in [9.17, 15) is 0 Å². The van der Waals surface area contributed by atoms with Crippen LogP contribution in [0.4, 0.5) is 5.13 Å². The number of hydrogen-bond acceptors (Lipinski definition) is 5. The predicted molar refractivity (Wildman–Crippen MR) is 91.6 cm³/mol. The summed E-state index contributed by atoms with van der Waals surface area (Å²) >= 11 is 1.62. The molecule has 1 aliphatic rings. The van der Waals surface area contributed by atoms with Crippen LogP contribution >= 0.6 is 11.3 Å². The van der Waals surface area contributed by atoms with E-state index in [1.807, 2.05) is 7.05 Å². The van der Waals surface area contributed by atoms with E-state index in [1.54, 1.807) is 11.3 Å². The Bertz CT molecular complexity index is 853. The number of fused-ring (bicyclic) bond motifs is 2. The van der Waals surface area contributed by atoms with Crippen molar-refractivity contribution in [2.75, 3.05) is 12.4 Å². The van der Waals surface area contributed by atoms with E-state index in [1.165, 1.54) is 34.2 Å². The van der Waals surface area contributed by atoms with E-state index in [-0.39, 0.29) is 0 Å². The summed E-state index contributed by atoms with van der Waals surface area (Å²) in [6.45, 7) is 2.19. The summed E-state index contributed by atoms with van der Waals surface area (Å²) in [4.78, 5) is 4.89. The molecule has 0 bridgehead atoms. The fourth-order valence-electron chi connectivity index (χ4n) is 3.20. The summed E-state index contributed by atoms with van der Waals surface area (Å²) in [5.74, 6) is 0. The van der Waals surface area contributed by atoms with Gasteiger partial charge >= 0.3 is 0 Å². The average molecular weight is 310 g/mol. The number of aryl methyl sites for hydroxylation is 2. The highest BCUT2D eigenvalue weighted by molar-refractivity contribution is 7.18. The summed E-state index contributed by atoms with van der Waals surface area (Å²) in [6, 6.07) is 6.60. The number of nitrogens with one attached hydrogen (secondary N) is 1. The first kappa shape index (κ1) is 13.6. The van der Waals surface area contributed by atoms with Gasteiger partial charge in [-0.15, -0.1) is 10.2 Å². The molecule has 112 valence electrons. The number of rotatable bonds is 3. The molecule has 1 N–H and O–H groups in total. The Labute approximate surface area is 133 Å². The highest BCUT2D eigenvalue weighted by Crippen LogP contribution is 2.39. The van der Waals surface area contributed by atoms with E-state index < -0.39 is 0 Å². The Morgan fingerprint density at radius 2 is 2.14 bits per heavy atom. The van der Waals surface area contributed by atoms with E-state index in [4.69, 9.17) is 4.98 Å². The lowest BCUT2D eigenvalue weighted by atomic mass is 9.99. The molecule has 2 heterocycles. The molecule has 1 aromatic carbocycles. The third-order valence-corrected chi connectivity index (χ3v) is 5.30. The third-order valence-electron chi connectivity index (χ3n) is 4.34. The van der Waals surface area contributed by atoms with Crippen LogP contribution in [0.2, 0.25) is 0 Å². The molecular weight excluding hydrogens is 292 g/mol. The molecule has 0 spiro atoms. The SMILES string of the molecule is CCc1ccc2nc3c(c(-c4nnc(NC)s4)c2c1)CCC3. The minimum absolute atomic E-state index is 0.860. The molecule has 0 fully saturated rings. The van der Waals surface area contributed by atoms with Gasteiger partial charge in [-0.3, -0.25) is 4.98 Å². The zero-order chi connectivity index (χ0) is 15.1. The van der Waals surface area contributed by atoms with E-state index in [0.717, 1.165) is 34.9 Å². The molecule has 0 unspecified atom stereocenters. The molecule has 0 saturated carbocycles. The van der Waals surface area contributed by atoms with E-state index in [2.05, 4.69) is 40.6 Å². The van der Waals surface area contributed by atoms with Crippen molar-refractivity contribution >= 4 is 27.4 Å². The number of hydrogen-bond donors (Lipinski definition) is 1. The zero-order valence-corrected chi connectivity index (χ0v) is 13.6. The van der Waals surface area contributed by atoms with Crippen molar-refractivity contribution in [3.05, 3.63) is 35.0 Å². The van der Waals surface area contributed by atoms with Crippen LogP contribution in [-0.2, 0) is 19.3 Å². The Hall–Kier alpha value is -2.01. The minimum Gasteiger partial charge on any atom is -0.363 e. The molecule has 0 atom stereocenters. The standard InChI is InChI=1S/C17H18N4S/c1-3-10-7-8-14-12(9-10)15(11-5-4-6-13(11)19-14)16-20-21-17(18-2)22-16/h7-9H,3-6H2,1-2H3,(H,18,21). The van der Waals surface area contributed by atoms with Crippen LogP contribution in [0.3, 0.4) is 0 Å². The van der Waals surface area contributed by atoms with Crippen LogP contribution in [0.5, 0.6) is 0 Å². The molecule has 0 aliphatic heterocycles. The zero-order valence-electron chi connectivity index (χ0n) is 12.8. The molecule has 2 aromatic heterocycles. The Morgan fingerprint density at radius 3 is 2.91 bits per heavy atom. The average Bonchev–Trinajstić information content (AvgIpc) is 3.20. The lowest BCUT2D eigenvalue weighted by Gasteiger charge is -2.11. The summed E-state index contributed by atoms with van der Waals surface area (Å²) in [7, 11) is 1.88. The van der Waals surface area contributed by atoms with Crippen molar-refractivity contribution in [2.24, 2.45) is 0 Å². The van der Waals surface area contributed by atoms with Gasteiger partial charge in [0.2, 0.25) is 5.13 Å². The van der Waals surface area contributed by atoms with Crippen molar-refractivity contribution < 1.29 is 0 Å². The van der Waals surface area contributed by atoms with Crippen molar-refractivity contribution in [3.8, 4) is 10.6 Å². The van der Waals surface area contributed by atoms with Crippen LogP contribution in [-0.4, -0.2) is 22.2 Å². The van der Waals surface area contributed by atoms with Gasteiger partial charge in [0.1, 0.15) is 0 Å². The molecule has 5 heteroatoms. The number of benzene rings is 1. The lowest BCUT2D eigenvalue weighted by Crippen LogP contribution is -1.96. The fraction of sp³-hybridized carbons (Fsp3) is 0.353. The van der Waals surface area contributed by atoms with Gasteiger partial charge in [0.15, 0.2) is 5.01 Å². The fourth-order valence-corrected chi connectivity index (χ4v) is 3.98.